The molecule has 2 aromatic heterocycles. The summed E-state index contributed by atoms with van der Waals surface area (Å²) in [6.07, 6.45) is 6.01. The van der Waals surface area contributed by atoms with Crippen molar-refractivity contribution in [2.75, 3.05) is 38.1 Å². The van der Waals surface area contributed by atoms with E-state index in [0.29, 0.717) is 17.0 Å². The third kappa shape index (κ3) is 3.79. The van der Waals surface area contributed by atoms with Crippen LogP contribution in [0.4, 0.5) is 5.82 Å². The smallest absolute Gasteiger partial charge is 0.214 e. The number of anilines is 1. The lowest BCUT2D eigenvalue weighted by Crippen LogP contribution is -2.29. The molecule has 3 heterocycles. The van der Waals surface area contributed by atoms with Crippen molar-refractivity contribution in [1.82, 2.24) is 19.9 Å². The highest BCUT2D eigenvalue weighted by Crippen LogP contribution is 2.18. The minimum atomic E-state index is -0.150. The van der Waals surface area contributed by atoms with E-state index in [1.165, 1.54) is 6.20 Å². The quantitative estimate of drug-likeness (QED) is 0.750. The van der Waals surface area contributed by atoms with Crippen LogP contribution in [0.1, 0.15) is 28.2 Å². The van der Waals surface area contributed by atoms with E-state index in [9.17, 15) is 4.79 Å². The minimum absolute atomic E-state index is 0.150. The SMILES string of the molecule is Cc1ncc(Br)cc1C(=O)c1cncc(N2CCCN(C)CC2)n1. The summed E-state index contributed by atoms with van der Waals surface area (Å²) in [5, 5.41) is 0. The molecule has 1 aliphatic heterocycles. The van der Waals surface area contributed by atoms with Crippen LogP contribution in [-0.2, 0) is 0 Å². The Morgan fingerprint density at radius 1 is 1.17 bits per heavy atom. The molecule has 0 aromatic carbocycles. The lowest BCUT2D eigenvalue weighted by molar-refractivity contribution is 0.103. The first-order valence-electron chi connectivity index (χ1n) is 7.97. The number of ketones is 1. The third-order valence-electron chi connectivity index (χ3n) is 4.20. The molecule has 6 nitrogen and oxygen atoms in total. The Kier molecular flexibility index (Phi) is 5.20. The first-order valence-corrected chi connectivity index (χ1v) is 8.76. The average molecular weight is 390 g/mol. The molecule has 0 atom stereocenters. The molecule has 0 amide bonds. The van der Waals surface area contributed by atoms with Crippen LogP contribution in [0.5, 0.6) is 0 Å². The van der Waals surface area contributed by atoms with Gasteiger partial charge < -0.3 is 9.80 Å². The van der Waals surface area contributed by atoms with E-state index in [0.717, 1.165) is 42.9 Å². The summed E-state index contributed by atoms with van der Waals surface area (Å²) in [5.41, 5.74) is 1.59. The van der Waals surface area contributed by atoms with Crippen molar-refractivity contribution in [1.29, 1.82) is 0 Å². The summed E-state index contributed by atoms with van der Waals surface area (Å²) in [6, 6.07) is 1.78. The summed E-state index contributed by atoms with van der Waals surface area (Å²) in [4.78, 5) is 30.3. The third-order valence-corrected chi connectivity index (χ3v) is 4.63. The molecule has 0 radical (unpaired) electrons. The molecule has 2 aromatic rings. The predicted octanol–water partition coefficient (Wildman–Crippen LogP) is 2.32. The molecular formula is C17H20BrN5O. The van der Waals surface area contributed by atoms with E-state index >= 15 is 0 Å². The number of aromatic nitrogens is 3. The van der Waals surface area contributed by atoms with Crippen molar-refractivity contribution in [2.45, 2.75) is 13.3 Å². The monoisotopic (exact) mass is 389 g/mol. The van der Waals surface area contributed by atoms with E-state index in [1.807, 2.05) is 6.92 Å². The number of halogens is 1. The maximum Gasteiger partial charge on any atom is 0.214 e. The topological polar surface area (TPSA) is 62.2 Å². The standard InChI is InChI=1S/C17H20BrN5O/c1-12-14(8-13(18)9-20-12)17(24)15-10-19-11-16(21-15)23-5-3-4-22(2)6-7-23/h8-11H,3-7H2,1-2H3. The molecule has 126 valence electrons. The first kappa shape index (κ1) is 17.0. The molecule has 1 saturated heterocycles. The molecule has 3 rings (SSSR count). The van der Waals surface area contributed by atoms with Gasteiger partial charge in [0.25, 0.3) is 0 Å². The van der Waals surface area contributed by atoms with Gasteiger partial charge in [-0.15, -0.1) is 0 Å². The lowest BCUT2D eigenvalue weighted by Gasteiger charge is -2.21. The van der Waals surface area contributed by atoms with Gasteiger partial charge in [-0.1, -0.05) is 0 Å². The highest BCUT2D eigenvalue weighted by atomic mass is 79.9. The number of aryl methyl sites for hydroxylation is 1. The zero-order valence-corrected chi connectivity index (χ0v) is 15.5. The Morgan fingerprint density at radius 2 is 2.00 bits per heavy atom. The number of hydrogen-bond donors (Lipinski definition) is 0. The number of carbonyl (C=O) groups excluding carboxylic acids is 1. The van der Waals surface area contributed by atoms with Crippen LogP contribution in [0.3, 0.4) is 0 Å². The molecule has 1 fully saturated rings. The Balaban J connectivity index is 1.87. The van der Waals surface area contributed by atoms with Crippen molar-refractivity contribution in [3.63, 3.8) is 0 Å². The molecule has 0 N–H and O–H groups in total. The minimum Gasteiger partial charge on any atom is -0.354 e. The van der Waals surface area contributed by atoms with Crippen LogP contribution < -0.4 is 4.90 Å². The molecule has 0 unspecified atom stereocenters. The van der Waals surface area contributed by atoms with Gasteiger partial charge >= 0.3 is 0 Å². The van der Waals surface area contributed by atoms with Crippen LogP contribution in [0.15, 0.2) is 29.1 Å². The number of pyridine rings is 1. The Hall–Kier alpha value is -1.86. The molecular weight excluding hydrogens is 370 g/mol. The second-order valence-corrected chi connectivity index (χ2v) is 6.94. The summed E-state index contributed by atoms with van der Waals surface area (Å²) in [7, 11) is 2.12. The van der Waals surface area contributed by atoms with Crippen molar-refractivity contribution < 1.29 is 4.79 Å². The van der Waals surface area contributed by atoms with Gasteiger partial charge in [-0.05, 0) is 48.9 Å². The Labute approximate surface area is 150 Å². The van der Waals surface area contributed by atoms with Gasteiger partial charge in [-0.2, -0.15) is 0 Å². The molecule has 7 heteroatoms. The molecule has 0 aliphatic carbocycles. The fourth-order valence-corrected chi connectivity index (χ4v) is 3.10. The summed E-state index contributed by atoms with van der Waals surface area (Å²) in [6.45, 7) is 5.69. The van der Waals surface area contributed by atoms with Crippen LogP contribution in [0, 0.1) is 6.92 Å². The van der Waals surface area contributed by atoms with Gasteiger partial charge in [0.1, 0.15) is 11.5 Å². The second-order valence-electron chi connectivity index (χ2n) is 6.02. The molecule has 0 spiro atoms. The van der Waals surface area contributed by atoms with E-state index < -0.39 is 0 Å². The van der Waals surface area contributed by atoms with Gasteiger partial charge in [0.05, 0.1) is 12.4 Å². The van der Waals surface area contributed by atoms with E-state index in [2.05, 4.69) is 47.7 Å². The predicted molar refractivity (Wildman–Crippen MR) is 96.5 cm³/mol. The summed E-state index contributed by atoms with van der Waals surface area (Å²) >= 11 is 3.36. The average Bonchev–Trinajstić information content (AvgIpc) is 2.81. The maximum absolute atomic E-state index is 12.8. The first-order chi connectivity index (χ1) is 11.5. The van der Waals surface area contributed by atoms with E-state index in [4.69, 9.17) is 0 Å². The maximum atomic E-state index is 12.8. The molecule has 0 saturated carbocycles. The Morgan fingerprint density at radius 3 is 2.83 bits per heavy atom. The number of nitrogens with zero attached hydrogens (tertiary/aromatic N) is 5. The van der Waals surface area contributed by atoms with Crippen LogP contribution >= 0.6 is 15.9 Å². The fourth-order valence-electron chi connectivity index (χ4n) is 2.77. The zero-order valence-electron chi connectivity index (χ0n) is 13.9. The van der Waals surface area contributed by atoms with Crippen LogP contribution in [0.2, 0.25) is 0 Å². The van der Waals surface area contributed by atoms with Gasteiger partial charge in [-0.3, -0.25) is 14.8 Å². The number of hydrogen-bond acceptors (Lipinski definition) is 6. The van der Waals surface area contributed by atoms with Gasteiger partial charge in [0, 0.05) is 41.6 Å². The Bertz CT molecular complexity index is 752. The van der Waals surface area contributed by atoms with Gasteiger partial charge in [-0.25, -0.2) is 4.98 Å². The number of carbonyl (C=O) groups is 1. The summed E-state index contributed by atoms with van der Waals surface area (Å²) < 4.78 is 0.774. The second kappa shape index (κ2) is 7.36. The van der Waals surface area contributed by atoms with Crippen molar-refractivity contribution in [2.24, 2.45) is 0 Å². The van der Waals surface area contributed by atoms with Crippen molar-refractivity contribution in [3.05, 3.63) is 46.1 Å². The largest absolute Gasteiger partial charge is 0.354 e. The molecule has 24 heavy (non-hydrogen) atoms. The van der Waals surface area contributed by atoms with Gasteiger partial charge in [0.15, 0.2) is 0 Å². The van der Waals surface area contributed by atoms with Gasteiger partial charge in [0.2, 0.25) is 5.78 Å². The normalized spacial score (nSPS) is 16.0. The van der Waals surface area contributed by atoms with E-state index in [-0.39, 0.29) is 5.78 Å². The van der Waals surface area contributed by atoms with Crippen LogP contribution in [0.25, 0.3) is 0 Å². The van der Waals surface area contributed by atoms with Crippen molar-refractivity contribution >= 4 is 27.5 Å². The number of rotatable bonds is 3. The highest BCUT2D eigenvalue weighted by molar-refractivity contribution is 9.10. The zero-order chi connectivity index (χ0) is 17.1. The molecule has 1 aliphatic rings. The number of likely N-dealkylation sites (N-methyl/N-ethyl adjacent to an activating group) is 1. The highest BCUT2D eigenvalue weighted by Gasteiger charge is 2.18. The lowest BCUT2D eigenvalue weighted by atomic mass is 10.1. The van der Waals surface area contributed by atoms with Crippen LogP contribution in [-0.4, -0.2) is 58.9 Å². The summed E-state index contributed by atoms with van der Waals surface area (Å²) in [5.74, 6) is 0.611. The van der Waals surface area contributed by atoms with Crippen molar-refractivity contribution in [3.8, 4) is 0 Å². The fraction of sp³-hybridized carbons (Fsp3) is 0.412. The molecule has 0 bridgehead atoms. The van der Waals surface area contributed by atoms with E-state index in [1.54, 1.807) is 18.5 Å².